The minimum absolute atomic E-state index is 0.158. The van der Waals surface area contributed by atoms with Gasteiger partial charge in [0.25, 0.3) is 0 Å². The van der Waals surface area contributed by atoms with E-state index in [1.54, 1.807) is 0 Å². The highest BCUT2D eigenvalue weighted by Gasteiger charge is 2.57. The van der Waals surface area contributed by atoms with Crippen molar-refractivity contribution >= 4 is 0 Å². The molecule has 0 bridgehead atoms. The molecule has 2 aromatic rings. The summed E-state index contributed by atoms with van der Waals surface area (Å²) in [5, 5.41) is 0. The van der Waals surface area contributed by atoms with Crippen molar-refractivity contribution in [1.29, 1.82) is 0 Å². The first-order chi connectivity index (χ1) is 10.9. The molecule has 1 saturated heterocycles. The number of hydrogen-bond acceptors (Lipinski definition) is 3. The molecule has 3 nitrogen and oxygen atoms in total. The molecule has 2 aliphatic rings. The molecular weight excluding hydrogens is 276 g/mol. The molecule has 1 heterocycles. The lowest BCUT2D eigenvalue weighted by Crippen LogP contribution is -2.21. The number of rotatable bonds is 6. The maximum Gasteiger partial charge on any atom is 0.113 e. The van der Waals surface area contributed by atoms with E-state index >= 15 is 0 Å². The number of epoxide rings is 1. The molecule has 1 aliphatic carbocycles. The van der Waals surface area contributed by atoms with E-state index in [1.807, 2.05) is 36.4 Å². The SMILES string of the molecule is c1ccc(COC2CC(OCc3ccccc3)C3OC23)cc1. The standard InChI is InChI=1S/C19H20O3/c1-3-7-14(8-4-1)12-20-16-11-17(19-18(16)22-19)21-13-15-9-5-2-6-10-15/h1-10,16-19H,11-13H2. The third-order valence-corrected chi connectivity index (χ3v) is 4.37. The van der Waals surface area contributed by atoms with Crippen molar-refractivity contribution in [2.75, 3.05) is 0 Å². The first-order valence-electron chi connectivity index (χ1n) is 7.87. The van der Waals surface area contributed by atoms with Gasteiger partial charge in [-0.3, -0.25) is 0 Å². The van der Waals surface area contributed by atoms with Gasteiger partial charge in [-0.25, -0.2) is 0 Å². The van der Waals surface area contributed by atoms with Crippen molar-refractivity contribution in [2.24, 2.45) is 0 Å². The molecule has 2 fully saturated rings. The van der Waals surface area contributed by atoms with E-state index < -0.39 is 0 Å². The molecule has 0 aromatic heterocycles. The van der Waals surface area contributed by atoms with Gasteiger partial charge in [0.15, 0.2) is 0 Å². The van der Waals surface area contributed by atoms with Crippen LogP contribution in [0.1, 0.15) is 17.5 Å². The topological polar surface area (TPSA) is 31.0 Å². The largest absolute Gasteiger partial charge is 0.371 e. The molecule has 22 heavy (non-hydrogen) atoms. The maximum atomic E-state index is 6.02. The number of ether oxygens (including phenoxy) is 3. The fraction of sp³-hybridized carbons (Fsp3) is 0.368. The highest BCUT2D eigenvalue weighted by molar-refractivity contribution is 5.15. The van der Waals surface area contributed by atoms with Gasteiger partial charge in [0.1, 0.15) is 12.2 Å². The fourth-order valence-corrected chi connectivity index (χ4v) is 3.11. The highest BCUT2D eigenvalue weighted by Crippen LogP contribution is 2.42. The molecular formula is C19H20O3. The van der Waals surface area contributed by atoms with Crippen molar-refractivity contribution in [3.8, 4) is 0 Å². The smallest absolute Gasteiger partial charge is 0.113 e. The highest BCUT2D eigenvalue weighted by atomic mass is 16.7. The van der Waals surface area contributed by atoms with Crippen molar-refractivity contribution in [3.63, 3.8) is 0 Å². The van der Waals surface area contributed by atoms with Gasteiger partial charge in [-0.15, -0.1) is 0 Å². The average Bonchev–Trinajstić information content (AvgIpc) is 3.30. The summed E-state index contributed by atoms with van der Waals surface area (Å²) in [5.74, 6) is 0. The zero-order chi connectivity index (χ0) is 14.8. The van der Waals surface area contributed by atoms with E-state index in [2.05, 4.69) is 24.3 Å². The molecule has 0 radical (unpaired) electrons. The molecule has 4 rings (SSSR count). The van der Waals surface area contributed by atoms with E-state index in [0.717, 1.165) is 6.42 Å². The summed E-state index contributed by atoms with van der Waals surface area (Å²) in [6.45, 7) is 1.28. The van der Waals surface area contributed by atoms with Gasteiger partial charge < -0.3 is 14.2 Å². The van der Waals surface area contributed by atoms with Gasteiger partial charge in [0, 0.05) is 6.42 Å². The fourth-order valence-electron chi connectivity index (χ4n) is 3.11. The Morgan fingerprint density at radius 1 is 0.727 bits per heavy atom. The third kappa shape index (κ3) is 3.07. The molecule has 2 aromatic carbocycles. The van der Waals surface area contributed by atoms with Crippen LogP contribution in [0.25, 0.3) is 0 Å². The average molecular weight is 296 g/mol. The first-order valence-corrected chi connectivity index (χ1v) is 7.87. The lowest BCUT2D eigenvalue weighted by Gasteiger charge is -2.17. The summed E-state index contributed by atoms with van der Waals surface area (Å²) >= 11 is 0. The Hall–Kier alpha value is -1.68. The summed E-state index contributed by atoms with van der Waals surface area (Å²) in [6, 6.07) is 20.5. The van der Waals surface area contributed by atoms with Crippen LogP contribution in [0.15, 0.2) is 60.7 Å². The van der Waals surface area contributed by atoms with Crippen LogP contribution >= 0.6 is 0 Å². The Morgan fingerprint density at radius 2 is 1.18 bits per heavy atom. The summed E-state index contributed by atoms with van der Waals surface area (Å²) in [6.07, 6.45) is 1.69. The molecule has 1 saturated carbocycles. The van der Waals surface area contributed by atoms with Crippen LogP contribution in [0.5, 0.6) is 0 Å². The maximum absolute atomic E-state index is 6.02. The molecule has 0 amide bonds. The second-order valence-electron chi connectivity index (χ2n) is 5.97. The van der Waals surface area contributed by atoms with Crippen molar-refractivity contribution in [2.45, 2.75) is 44.1 Å². The third-order valence-electron chi connectivity index (χ3n) is 4.37. The summed E-state index contributed by atoms with van der Waals surface area (Å²) in [5.41, 5.74) is 2.40. The monoisotopic (exact) mass is 296 g/mol. The van der Waals surface area contributed by atoms with Crippen molar-refractivity contribution in [3.05, 3.63) is 71.8 Å². The van der Waals surface area contributed by atoms with E-state index in [-0.39, 0.29) is 24.4 Å². The lowest BCUT2D eigenvalue weighted by molar-refractivity contribution is -0.0402. The van der Waals surface area contributed by atoms with Gasteiger partial charge >= 0.3 is 0 Å². The molecule has 114 valence electrons. The van der Waals surface area contributed by atoms with Crippen LogP contribution in [-0.4, -0.2) is 24.4 Å². The van der Waals surface area contributed by atoms with Crippen LogP contribution < -0.4 is 0 Å². The van der Waals surface area contributed by atoms with E-state index in [9.17, 15) is 0 Å². The Labute approximate surface area is 130 Å². The van der Waals surface area contributed by atoms with Gasteiger partial charge in [-0.2, -0.15) is 0 Å². The molecule has 0 N–H and O–H groups in total. The number of benzene rings is 2. The van der Waals surface area contributed by atoms with E-state index in [4.69, 9.17) is 14.2 Å². The molecule has 0 spiro atoms. The zero-order valence-corrected chi connectivity index (χ0v) is 12.4. The minimum Gasteiger partial charge on any atom is -0.371 e. The van der Waals surface area contributed by atoms with E-state index in [0.29, 0.717) is 13.2 Å². The van der Waals surface area contributed by atoms with Gasteiger partial charge in [0.2, 0.25) is 0 Å². The van der Waals surface area contributed by atoms with Gasteiger partial charge in [-0.1, -0.05) is 60.7 Å². The Bertz CT molecular complexity index is 545. The predicted molar refractivity (Wildman–Crippen MR) is 83.3 cm³/mol. The minimum atomic E-state index is 0.158. The van der Waals surface area contributed by atoms with Crippen LogP contribution in [-0.2, 0) is 27.4 Å². The summed E-state index contributed by atoms with van der Waals surface area (Å²) in [7, 11) is 0. The second-order valence-corrected chi connectivity index (χ2v) is 5.97. The molecule has 4 unspecified atom stereocenters. The van der Waals surface area contributed by atoms with Crippen molar-refractivity contribution in [1.82, 2.24) is 0 Å². The number of fused-ring (bicyclic) bond motifs is 1. The zero-order valence-electron chi connectivity index (χ0n) is 12.4. The summed E-state index contributed by atoms with van der Waals surface area (Å²) < 4.78 is 17.7. The van der Waals surface area contributed by atoms with Gasteiger partial charge in [-0.05, 0) is 11.1 Å². The van der Waals surface area contributed by atoms with E-state index in [1.165, 1.54) is 11.1 Å². The number of hydrogen-bond donors (Lipinski definition) is 0. The molecule has 3 heteroatoms. The van der Waals surface area contributed by atoms with Crippen LogP contribution in [0.4, 0.5) is 0 Å². The molecule has 1 aliphatic heterocycles. The Balaban J connectivity index is 1.27. The lowest BCUT2D eigenvalue weighted by atomic mass is 10.2. The second kappa shape index (κ2) is 6.21. The first kappa shape index (κ1) is 13.9. The Kier molecular flexibility index (Phi) is 3.94. The Morgan fingerprint density at radius 3 is 1.64 bits per heavy atom. The quantitative estimate of drug-likeness (QED) is 0.766. The normalized spacial score (nSPS) is 29.3. The van der Waals surface area contributed by atoms with Crippen LogP contribution in [0.3, 0.4) is 0 Å². The van der Waals surface area contributed by atoms with Crippen LogP contribution in [0.2, 0.25) is 0 Å². The summed E-state index contributed by atoms with van der Waals surface area (Å²) in [4.78, 5) is 0. The van der Waals surface area contributed by atoms with Gasteiger partial charge in [0.05, 0.1) is 25.4 Å². The predicted octanol–water partition coefficient (Wildman–Crippen LogP) is 3.33. The molecule has 4 atom stereocenters. The van der Waals surface area contributed by atoms with Crippen LogP contribution in [0, 0.1) is 0 Å². The van der Waals surface area contributed by atoms with Crippen molar-refractivity contribution < 1.29 is 14.2 Å².